The van der Waals surface area contributed by atoms with Crippen LogP contribution in [-0.2, 0) is 6.54 Å². The number of amides is 2. The largest absolute Gasteiger partial charge is 0.334 e. The third kappa shape index (κ3) is 5.07. The maximum Gasteiger partial charge on any atom is 0.317 e. The maximum atomic E-state index is 12.3. The lowest BCUT2D eigenvalue weighted by atomic mass is 10.1. The van der Waals surface area contributed by atoms with Gasteiger partial charge in [-0.25, -0.2) is 4.79 Å². The average Bonchev–Trinajstić information content (AvgIpc) is 2.68. The molecule has 1 aliphatic rings. The van der Waals surface area contributed by atoms with E-state index in [1.54, 1.807) is 29.2 Å². The highest BCUT2D eigenvalue weighted by atomic mass is 35.5. The van der Waals surface area contributed by atoms with Crippen LogP contribution in [0.1, 0.15) is 15.9 Å². The molecule has 136 valence electrons. The fourth-order valence-corrected chi connectivity index (χ4v) is 3.05. The SMILES string of the molecule is O=C(CN1CCN(C(=O)NCc2ccccc2)CC1)c1ccc(Cl)cc1. The van der Waals surface area contributed by atoms with Gasteiger partial charge in [0.1, 0.15) is 0 Å². The first-order valence-electron chi connectivity index (χ1n) is 8.69. The summed E-state index contributed by atoms with van der Waals surface area (Å²) in [7, 11) is 0. The number of nitrogens with zero attached hydrogens (tertiary/aromatic N) is 2. The Balaban J connectivity index is 1.42. The Hall–Kier alpha value is -2.37. The average molecular weight is 372 g/mol. The van der Waals surface area contributed by atoms with Crippen molar-refractivity contribution in [3.8, 4) is 0 Å². The van der Waals surface area contributed by atoms with Crippen LogP contribution in [0.3, 0.4) is 0 Å². The Bertz CT molecular complexity index is 741. The second-order valence-electron chi connectivity index (χ2n) is 6.34. The number of carbonyl (C=O) groups is 2. The zero-order valence-corrected chi connectivity index (χ0v) is 15.3. The molecule has 1 heterocycles. The van der Waals surface area contributed by atoms with E-state index in [2.05, 4.69) is 10.2 Å². The van der Waals surface area contributed by atoms with Crippen LogP contribution in [0, 0.1) is 0 Å². The van der Waals surface area contributed by atoms with Crippen molar-refractivity contribution in [3.05, 3.63) is 70.7 Å². The molecule has 0 aromatic heterocycles. The third-order valence-corrected chi connectivity index (χ3v) is 4.73. The van der Waals surface area contributed by atoms with Gasteiger partial charge in [-0.1, -0.05) is 41.9 Å². The lowest BCUT2D eigenvalue weighted by molar-refractivity contribution is 0.0878. The summed E-state index contributed by atoms with van der Waals surface area (Å²) in [6.07, 6.45) is 0. The fourth-order valence-electron chi connectivity index (χ4n) is 2.92. The number of Topliss-reactive ketones (excluding diaryl/α,β-unsaturated/α-hetero) is 1. The lowest BCUT2D eigenvalue weighted by Crippen LogP contribution is -2.52. The molecule has 1 N–H and O–H groups in total. The summed E-state index contributed by atoms with van der Waals surface area (Å²) >= 11 is 5.85. The first-order chi connectivity index (χ1) is 12.6. The number of halogens is 1. The van der Waals surface area contributed by atoms with Crippen LogP contribution in [0.15, 0.2) is 54.6 Å². The third-order valence-electron chi connectivity index (χ3n) is 4.48. The van der Waals surface area contributed by atoms with Crippen LogP contribution >= 0.6 is 11.6 Å². The number of piperazine rings is 1. The minimum absolute atomic E-state index is 0.0578. The number of nitrogens with one attached hydrogen (secondary N) is 1. The lowest BCUT2D eigenvalue weighted by Gasteiger charge is -2.34. The molecule has 1 fully saturated rings. The predicted molar refractivity (Wildman–Crippen MR) is 102 cm³/mol. The molecule has 0 atom stereocenters. The molecule has 0 saturated carbocycles. The summed E-state index contributed by atoms with van der Waals surface area (Å²) in [5.74, 6) is 0.0728. The Kier molecular flexibility index (Phi) is 6.26. The summed E-state index contributed by atoms with van der Waals surface area (Å²) in [6.45, 7) is 3.51. The van der Waals surface area contributed by atoms with Crippen LogP contribution in [-0.4, -0.2) is 54.3 Å². The summed E-state index contributed by atoms with van der Waals surface area (Å²) in [6, 6.07) is 16.7. The van der Waals surface area contributed by atoms with E-state index in [0.717, 1.165) is 5.56 Å². The van der Waals surface area contributed by atoms with E-state index >= 15 is 0 Å². The van der Waals surface area contributed by atoms with E-state index in [1.807, 2.05) is 30.3 Å². The van der Waals surface area contributed by atoms with Crippen molar-refractivity contribution in [3.63, 3.8) is 0 Å². The molecule has 0 aliphatic carbocycles. The van der Waals surface area contributed by atoms with Crippen LogP contribution in [0.5, 0.6) is 0 Å². The van der Waals surface area contributed by atoms with Gasteiger partial charge in [0.05, 0.1) is 6.54 Å². The van der Waals surface area contributed by atoms with Gasteiger partial charge in [-0.2, -0.15) is 0 Å². The molecule has 2 aromatic rings. The molecule has 0 radical (unpaired) electrons. The highest BCUT2D eigenvalue weighted by Gasteiger charge is 2.22. The molecule has 3 rings (SSSR count). The highest BCUT2D eigenvalue weighted by Crippen LogP contribution is 2.11. The van der Waals surface area contributed by atoms with Crippen LogP contribution in [0.4, 0.5) is 4.79 Å². The van der Waals surface area contributed by atoms with E-state index in [-0.39, 0.29) is 11.8 Å². The topological polar surface area (TPSA) is 52.7 Å². The van der Waals surface area contributed by atoms with Gasteiger partial charge in [0.15, 0.2) is 5.78 Å². The molecule has 0 unspecified atom stereocenters. The molecular weight excluding hydrogens is 350 g/mol. The number of urea groups is 1. The van der Waals surface area contributed by atoms with Gasteiger partial charge in [-0.3, -0.25) is 9.69 Å². The van der Waals surface area contributed by atoms with Gasteiger partial charge in [-0.15, -0.1) is 0 Å². The van der Waals surface area contributed by atoms with Crippen molar-refractivity contribution in [1.29, 1.82) is 0 Å². The van der Waals surface area contributed by atoms with E-state index in [1.165, 1.54) is 0 Å². The van der Waals surface area contributed by atoms with Gasteiger partial charge in [0.25, 0.3) is 0 Å². The molecule has 5 nitrogen and oxygen atoms in total. The molecule has 0 bridgehead atoms. The number of carbonyl (C=O) groups excluding carboxylic acids is 2. The molecule has 6 heteroatoms. The van der Waals surface area contributed by atoms with Crippen molar-refractivity contribution in [2.45, 2.75) is 6.54 Å². The fraction of sp³-hybridized carbons (Fsp3) is 0.300. The molecule has 2 amide bonds. The highest BCUT2D eigenvalue weighted by molar-refractivity contribution is 6.30. The molecule has 1 saturated heterocycles. The van der Waals surface area contributed by atoms with Crippen LogP contribution in [0.2, 0.25) is 5.02 Å². The smallest absolute Gasteiger partial charge is 0.317 e. The van der Waals surface area contributed by atoms with E-state index in [4.69, 9.17) is 11.6 Å². The summed E-state index contributed by atoms with van der Waals surface area (Å²) < 4.78 is 0. The first-order valence-corrected chi connectivity index (χ1v) is 9.07. The van der Waals surface area contributed by atoms with Crippen LogP contribution < -0.4 is 5.32 Å². The van der Waals surface area contributed by atoms with Crippen molar-refractivity contribution in [2.75, 3.05) is 32.7 Å². The number of rotatable bonds is 5. The minimum atomic E-state index is -0.0578. The minimum Gasteiger partial charge on any atom is -0.334 e. The number of benzene rings is 2. The normalized spacial score (nSPS) is 14.9. The van der Waals surface area contributed by atoms with E-state index in [9.17, 15) is 9.59 Å². The summed E-state index contributed by atoms with van der Waals surface area (Å²) in [5.41, 5.74) is 1.74. The molecule has 26 heavy (non-hydrogen) atoms. The Labute approximate surface area is 158 Å². The molecule has 1 aliphatic heterocycles. The van der Waals surface area contributed by atoms with Gasteiger partial charge in [-0.05, 0) is 29.8 Å². The zero-order chi connectivity index (χ0) is 18.4. The molecule has 0 spiro atoms. The Morgan fingerprint density at radius 2 is 1.58 bits per heavy atom. The van der Waals surface area contributed by atoms with Crippen molar-refractivity contribution >= 4 is 23.4 Å². The van der Waals surface area contributed by atoms with Crippen molar-refractivity contribution in [2.24, 2.45) is 0 Å². The number of ketones is 1. The standard InChI is InChI=1S/C20H22ClN3O2/c21-18-8-6-17(7-9-18)19(25)15-23-10-12-24(13-11-23)20(26)22-14-16-4-2-1-3-5-16/h1-9H,10-15H2,(H,22,26). The zero-order valence-electron chi connectivity index (χ0n) is 14.5. The molecule has 2 aromatic carbocycles. The van der Waals surface area contributed by atoms with E-state index in [0.29, 0.717) is 49.9 Å². The van der Waals surface area contributed by atoms with Crippen molar-refractivity contribution in [1.82, 2.24) is 15.1 Å². The maximum absolute atomic E-state index is 12.3. The van der Waals surface area contributed by atoms with E-state index < -0.39 is 0 Å². The second-order valence-corrected chi connectivity index (χ2v) is 6.77. The second kappa shape index (κ2) is 8.83. The van der Waals surface area contributed by atoms with Crippen molar-refractivity contribution < 1.29 is 9.59 Å². The predicted octanol–water partition coefficient (Wildman–Crippen LogP) is 3.05. The quantitative estimate of drug-likeness (QED) is 0.822. The number of hydrogen-bond acceptors (Lipinski definition) is 3. The Morgan fingerprint density at radius 3 is 2.23 bits per heavy atom. The van der Waals surface area contributed by atoms with Gasteiger partial charge >= 0.3 is 6.03 Å². The van der Waals surface area contributed by atoms with Gasteiger partial charge < -0.3 is 10.2 Å². The first kappa shape index (κ1) is 18.4. The summed E-state index contributed by atoms with van der Waals surface area (Å²) in [5, 5.41) is 3.57. The number of hydrogen-bond donors (Lipinski definition) is 1. The van der Waals surface area contributed by atoms with Gasteiger partial charge in [0, 0.05) is 43.3 Å². The Morgan fingerprint density at radius 1 is 0.923 bits per heavy atom. The monoisotopic (exact) mass is 371 g/mol. The van der Waals surface area contributed by atoms with Crippen LogP contribution in [0.25, 0.3) is 0 Å². The summed E-state index contributed by atoms with van der Waals surface area (Å²) in [4.78, 5) is 28.5. The molecular formula is C20H22ClN3O2. The van der Waals surface area contributed by atoms with Gasteiger partial charge in [0.2, 0.25) is 0 Å².